The van der Waals surface area contributed by atoms with Crippen LogP contribution in [-0.2, 0) is 16.0 Å². The zero-order valence-corrected chi connectivity index (χ0v) is 15.2. The molecular formula is C21H24N2O3. The topological polar surface area (TPSA) is 58.6 Å². The van der Waals surface area contributed by atoms with Gasteiger partial charge in [-0.05, 0) is 55.2 Å². The van der Waals surface area contributed by atoms with Gasteiger partial charge in [-0.2, -0.15) is 0 Å². The molecule has 0 saturated carbocycles. The van der Waals surface area contributed by atoms with E-state index in [-0.39, 0.29) is 18.4 Å². The van der Waals surface area contributed by atoms with E-state index in [2.05, 4.69) is 12.2 Å². The molecule has 1 aliphatic rings. The molecule has 0 atom stereocenters. The zero-order chi connectivity index (χ0) is 18.5. The lowest BCUT2D eigenvalue weighted by Gasteiger charge is -2.29. The van der Waals surface area contributed by atoms with Crippen LogP contribution < -0.4 is 15.0 Å². The van der Waals surface area contributed by atoms with E-state index >= 15 is 0 Å². The van der Waals surface area contributed by atoms with Gasteiger partial charge in [0.15, 0.2) is 6.61 Å². The predicted molar refractivity (Wildman–Crippen MR) is 103 cm³/mol. The molecule has 2 aromatic carbocycles. The van der Waals surface area contributed by atoms with E-state index in [4.69, 9.17) is 4.74 Å². The molecular weight excluding hydrogens is 328 g/mol. The van der Waals surface area contributed by atoms with Crippen LogP contribution >= 0.6 is 0 Å². The molecule has 1 heterocycles. The maximum absolute atomic E-state index is 12.2. The quantitative estimate of drug-likeness (QED) is 0.862. The van der Waals surface area contributed by atoms with Gasteiger partial charge in [0.25, 0.3) is 5.91 Å². The van der Waals surface area contributed by atoms with E-state index in [1.54, 1.807) is 4.90 Å². The fourth-order valence-electron chi connectivity index (χ4n) is 3.00. The van der Waals surface area contributed by atoms with Gasteiger partial charge >= 0.3 is 0 Å². The summed E-state index contributed by atoms with van der Waals surface area (Å²) in [6.07, 6.45) is 1.93. The maximum Gasteiger partial charge on any atom is 0.265 e. The summed E-state index contributed by atoms with van der Waals surface area (Å²) in [5.41, 5.74) is 3.90. The second kappa shape index (κ2) is 8.04. The monoisotopic (exact) mass is 352 g/mol. The van der Waals surface area contributed by atoms with Crippen LogP contribution in [0.4, 0.5) is 11.4 Å². The average molecular weight is 352 g/mol. The molecule has 0 aliphatic carbocycles. The van der Waals surface area contributed by atoms with Crippen molar-refractivity contribution < 1.29 is 14.3 Å². The van der Waals surface area contributed by atoms with Crippen molar-refractivity contribution in [1.82, 2.24) is 0 Å². The third-order valence-corrected chi connectivity index (χ3v) is 4.49. The Hall–Kier alpha value is -2.82. The van der Waals surface area contributed by atoms with Gasteiger partial charge in [-0.25, -0.2) is 0 Å². The fourth-order valence-corrected chi connectivity index (χ4v) is 3.00. The number of carbonyl (C=O) groups excluding carboxylic acids is 2. The zero-order valence-electron chi connectivity index (χ0n) is 15.2. The number of rotatable bonds is 6. The van der Waals surface area contributed by atoms with Crippen molar-refractivity contribution in [2.75, 3.05) is 23.4 Å². The Morgan fingerprint density at radius 3 is 2.69 bits per heavy atom. The highest BCUT2D eigenvalue weighted by Gasteiger charge is 2.25. The molecule has 3 rings (SSSR count). The van der Waals surface area contributed by atoms with Gasteiger partial charge in [-0.3, -0.25) is 9.59 Å². The second-order valence-corrected chi connectivity index (χ2v) is 6.51. The van der Waals surface area contributed by atoms with Crippen molar-refractivity contribution in [3.8, 4) is 5.75 Å². The Bertz CT molecular complexity index is 799. The van der Waals surface area contributed by atoms with Gasteiger partial charge < -0.3 is 15.0 Å². The highest BCUT2D eigenvalue weighted by atomic mass is 16.5. The first-order valence-corrected chi connectivity index (χ1v) is 8.99. The molecule has 5 heteroatoms. The van der Waals surface area contributed by atoms with Crippen LogP contribution in [0.2, 0.25) is 0 Å². The van der Waals surface area contributed by atoms with Crippen LogP contribution in [0.1, 0.15) is 30.9 Å². The largest absolute Gasteiger partial charge is 0.482 e. The van der Waals surface area contributed by atoms with Crippen molar-refractivity contribution in [1.29, 1.82) is 0 Å². The molecule has 0 unspecified atom stereocenters. The molecule has 0 saturated heterocycles. The van der Waals surface area contributed by atoms with Crippen LogP contribution in [0.5, 0.6) is 5.75 Å². The predicted octanol–water partition coefficient (Wildman–Crippen LogP) is 3.70. The number of benzene rings is 2. The Labute approximate surface area is 154 Å². The minimum atomic E-state index is -0.0707. The van der Waals surface area contributed by atoms with Crippen LogP contribution in [0.25, 0.3) is 0 Å². The first-order valence-electron chi connectivity index (χ1n) is 8.99. The van der Waals surface area contributed by atoms with Crippen molar-refractivity contribution in [2.45, 2.75) is 33.1 Å². The fraction of sp³-hybridized carbons (Fsp3) is 0.333. The molecule has 5 nitrogen and oxygen atoms in total. The number of nitrogens with one attached hydrogen (secondary N) is 1. The van der Waals surface area contributed by atoms with Gasteiger partial charge in [0.2, 0.25) is 5.91 Å². The molecule has 2 aromatic rings. The van der Waals surface area contributed by atoms with E-state index in [9.17, 15) is 9.59 Å². The first-order chi connectivity index (χ1) is 12.6. The number of fused-ring (bicyclic) bond motifs is 1. The lowest BCUT2D eigenvalue weighted by molar-refractivity contribution is -0.121. The standard InChI is InChI=1S/C21H24N2O3/c1-3-16-7-9-17(10-8-16)22-20(24)5-4-12-23-18-13-15(2)6-11-19(18)26-14-21(23)25/h6-11,13H,3-5,12,14H2,1-2H3,(H,22,24). The summed E-state index contributed by atoms with van der Waals surface area (Å²) in [4.78, 5) is 26.1. The SMILES string of the molecule is CCc1ccc(NC(=O)CCCN2C(=O)COc3ccc(C)cc32)cc1. The van der Waals surface area contributed by atoms with E-state index in [1.165, 1.54) is 5.56 Å². The number of anilines is 2. The summed E-state index contributed by atoms with van der Waals surface area (Å²) in [6, 6.07) is 13.7. The molecule has 0 bridgehead atoms. The molecule has 136 valence electrons. The summed E-state index contributed by atoms with van der Waals surface area (Å²) in [7, 11) is 0. The molecule has 0 fully saturated rings. The Balaban J connectivity index is 1.55. The molecule has 0 aromatic heterocycles. The maximum atomic E-state index is 12.2. The molecule has 0 radical (unpaired) electrons. The molecule has 26 heavy (non-hydrogen) atoms. The lowest BCUT2D eigenvalue weighted by Crippen LogP contribution is -2.39. The van der Waals surface area contributed by atoms with Crippen molar-refractivity contribution in [2.24, 2.45) is 0 Å². The normalized spacial score (nSPS) is 13.2. The average Bonchev–Trinajstić information content (AvgIpc) is 2.64. The van der Waals surface area contributed by atoms with Crippen molar-refractivity contribution in [3.05, 3.63) is 53.6 Å². The third-order valence-electron chi connectivity index (χ3n) is 4.49. The minimum Gasteiger partial charge on any atom is -0.482 e. The second-order valence-electron chi connectivity index (χ2n) is 6.51. The third kappa shape index (κ3) is 4.23. The van der Waals surface area contributed by atoms with Gasteiger partial charge in [0.05, 0.1) is 5.69 Å². The van der Waals surface area contributed by atoms with Crippen LogP contribution in [-0.4, -0.2) is 25.0 Å². The van der Waals surface area contributed by atoms with Gasteiger partial charge in [-0.15, -0.1) is 0 Å². The lowest BCUT2D eigenvalue weighted by atomic mass is 10.1. The van der Waals surface area contributed by atoms with Crippen molar-refractivity contribution >= 4 is 23.2 Å². The Morgan fingerprint density at radius 1 is 1.19 bits per heavy atom. The van der Waals surface area contributed by atoms with Crippen LogP contribution in [0, 0.1) is 6.92 Å². The number of nitrogens with zero attached hydrogens (tertiary/aromatic N) is 1. The van der Waals surface area contributed by atoms with Gasteiger partial charge in [0, 0.05) is 18.7 Å². The highest BCUT2D eigenvalue weighted by molar-refractivity contribution is 5.98. The number of hydrogen-bond donors (Lipinski definition) is 1. The summed E-state index contributed by atoms with van der Waals surface area (Å²) in [6.45, 7) is 4.63. The Morgan fingerprint density at radius 2 is 1.96 bits per heavy atom. The van der Waals surface area contributed by atoms with Crippen LogP contribution in [0.3, 0.4) is 0 Å². The summed E-state index contributed by atoms with van der Waals surface area (Å²) >= 11 is 0. The Kier molecular flexibility index (Phi) is 5.56. The van der Waals surface area contributed by atoms with Crippen molar-refractivity contribution in [3.63, 3.8) is 0 Å². The van der Waals surface area contributed by atoms with E-state index in [0.717, 1.165) is 29.1 Å². The summed E-state index contributed by atoms with van der Waals surface area (Å²) < 4.78 is 5.48. The first kappa shape index (κ1) is 18.0. The van der Waals surface area contributed by atoms with E-state index in [0.29, 0.717) is 19.4 Å². The number of carbonyl (C=O) groups is 2. The van der Waals surface area contributed by atoms with E-state index in [1.807, 2.05) is 49.4 Å². The molecule has 0 spiro atoms. The molecule has 1 N–H and O–H groups in total. The number of hydrogen-bond acceptors (Lipinski definition) is 3. The minimum absolute atomic E-state index is 0.0422. The van der Waals surface area contributed by atoms with E-state index < -0.39 is 0 Å². The molecule has 2 amide bonds. The summed E-state index contributed by atoms with van der Waals surface area (Å²) in [5, 5.41) is 2.90. The number of amides is 2. The smallest absolute Gasteiger partial charge is 0.265 e. The van der Waals surface area contributed by atoms with Gasteiger partial charge in [0.1, 0.15) is 5.75 Å². The highest BCUT2D eigenvalue weighted by Crippen LogP contribution is 2.32. The van der Waals surface area contributed by atoms with Gasteiger partial charge in [-0.1, -0.05) is 25.1 Å². The number of ether oxygens (including phenoxy) is 1. The summed E-state index contributed by atoms with van der Waals surface area (Å²) in [5.74, 6) is 0.605. The number of aryl methyl sites for hydroxylation is 2. The van der Waals surface area contributed by atoms with Crippen LogP contribution in [0.15, 0.2) is 42.5 Å². The molecule has 1 aliphatic heterocycles.